The van der Waals surface area contributed by atoms with Crippen LogP contribution in [0.25, 0.3) is 0 Å². The minimum atomic E-state index is -0.808. The highest BCUT2D eigenvalue weighted by molar-refractivity contribution is 5.82. The van der Waals surface area contributed by atoms with Gasteiger partial charge in [0.15, 0.2) is 0 Å². The first-order valence-electron chi connectivity index (χ1n) is 6.85. The third-order valence-electron chi connectivity index (χ3n) is 3.50. The largest absolute Gasteiger partial charge is 0.388 e. The molecule has 4 nitrogen and oxygen atoms in total. The monoisotopic (exact) mass is 272 g/mol. The molecule has 0 saturated carbocycles. The van der Waals surface area contributed by atoms with E-state index >= 15 is 0 Å². The summed E-state index contributed by atoms with van der Waals surface area (Å²) in [4.78, 5) is 12.6. The highest BCUT2D eigenvalue weighted by Gasteiger charge is 2.28. The Morgan fingerprint density at radius 2 is 1.95 bits per heavy atom. The number of nitrogens with zero attached hydrogens (tertiary/aromatic N) is 2. The highest BCUT2D eigenvalue weighted by Crippen LogP contribution is 2.26. The standard InChI is InChI=1S/C16H20N2O2/c1-4-14(15(19)13-8-6-5-7-9-13)16(20)18-12(3)10-11(2)17-18/h5-10,14-15,19H,4H2,1-3H3/t14-,15+/m0/s1. The van der Waals surface area contributed by atoms with Crippen molar-refractivity contribution in [3.8, 4) is 0 Å². The number of rotatable bonds is 4. The highest BCUT2D eigenvalue weighted by atomic mass is 16.3. The van der Waals surface area contributed by atoms with Gasteiger partial charge in [-0.25, -0.2) is 4.68 Å². The summed E-state index contributed by atoms with van der Waals surface area (Å²) in [5.41, 5.74) is 2.36. The Bertz CT molecular complexity index is 590. The second-order valence-electron chi connectivity index (χ2n) is 5.05. The lowest BCUT2D eigenvalue weighted by molar-refractivity contribution is 0.0565. The van der Waals surface area contributed by atoms with Gasteiger partial charge >= 0.3 is 0 Å². The van der Waals surface area contributed by atoms with Gasteiger partial charge in [0, 0.05) is 5.69 Å². The fourth-order valence-electron chi connectivity index (χ4n) is 2.42. The number of aliphatic hydroxyl groups is 1. The third kappa shape index (κ3) is 2.80. The summed E-state index contributed by atoms with van der Waals surface area (Å²) in [6.07, 6.45) is -0.245. The van der Waals surface area contributed by atoms with Crippen molar-refractivity contribution in [2.45, 2.75) is 33.3 Å². The molecule has 1 aromatic carbocycles. The molecule has 20 heavy (non-hydrogen) atoms. The van der Waals surface area contributed by atoms with Crippen molar-refractivity contribution in [3.63, 3.8) is 0 Å². The van der Waals surface area contributed by atoms with E-state index in [1.807, 2.05) is 57.2 Å². The Kier molecular flexibility index (Phi) is 4.35. The Labute approximate surface area is 119 Å². The van der Waals surface area contributed by atoms with Crippen molar-refractivity contribution in [3.05, 3.63) is 53.3 Å². The number of aryl methyl sites for hydroxylation is 2. The molecule has 0 spiro atoms. The SMILES string of the molecule is CC[C@H](C(=O)n1nc(C)cc1C)[C@H](O)c1ccccc1. The van der Waals surface area contributed by atoms with Crippen molar-refractivity contribution < 1.29 is 9.90 Å². The first-order chi connectivity index (χ1) is 9.54. The molecular formula is C16H20N2O2. The van der Waals surface area contributed by atoms with E-state index in [1.165, 1.54) is 4.68 Å². The summed E-state index contributed by atoms with van der Waals surface area (Å²) >= 11 is 0. The van der Waals surface area contributed by atoms with Gasteiger partial charge in [0.1, 0.15) is 0 Å². The number of aliphatic hydroxyl groups excluding tert-OH is 1. The number of aromatic nitrogens is 2. The summed E-state index contributed by atoms with van der Waals surface area (Å²) in [5.74, 6) is -0.648. The summed E-state index contributed by atoms with van der Waals surface area (Å²) in [7, 11) is 0. The molecule has 0 fully saturated rings. The number of benzene rings is 1. The lowest BCUT2D eigenvalue weighted by Gasteiger charge is -2.21. The minimum absolute atomic E-state index is 0.158. The molecule has 1 aromatic heterocycles. The van der Waals surface area contributed by atoms with Crippen molar-refractivity contribution in [1.82, 2.24) is 9.78 Å². The van der Waals surface area contributed by atoms with E-state index in [2.05, 4.69) is 5.10 Å². The fourth-order valence-corrected chi connectivity index (χ4v) is 2.42. The van der Waals surface area contributed by atoms with Crippen LogP contribution in [0.1, 0.15) is 41.2 Å². The van der Waals surface area contributed by atoms with Crippen LogP contribution in [0.3, 0.4) is 0 Å². The van der Waals surface area contributed by atoms with Gasteiger partial charge in [-0.05, 0) is 31.9 Å². The van der Waals surface area contributed by atoms with E-state index in [-0.39, 0.29) is 5.91 Å². The predicted octanol–water partition coefficient (Wildman–Crippen LogP) is 2.90. The van der Waals surface area contributed by atoms with Gasteiger partial charge in [-0.3, -0.25) is 4.79 Å². The quantitative estimate of drug-likeness (QED) is 0.931. The van der Waals surface area contributed by atoms with Gasteiger partial charge in [-0.15, -0.1) is 0 Å². The molecule has 1 N–H and O–H groups in total. The maximum Gasteiger partial charge on any atom is 0.253 e. The normalized spacial score (nSPS) is 14.0. The molecule has 2 aromatic rings. The van der Waals surface area contributed by atoms with Crippen LogP contribution in [0, 0.1) is 19.8 Å². The molecule has 2 atom stereocenters. The maximum absolute atomic E-state index is 12.6. The Balaban J connectivity index is 2.28. The van der Waals surface area contributed by atoms with Crippen LogP contribution in [-0.4, -0.2) is 20.8 Å². The van der Waals surface area contributed by atoms with Crippen molar-refractivity contribution in [2.75, 3.05) is 0 Å². The van der Waals surface area contributed by atoms with E-state index in [9.17, 15) is 9.90 Å². The molecule has 0 radical (unpaired) electrons. The molecule has 2 rings (SSSR count). The Morgan fingerprint density at radius 3 is 2.45 bits per heavy atom. The van der Waals surface area contributed by atoms with Gasteiger partial charge in [-0.1, -0.05) is 37.3 Å². The van der Waals surface area contributed by atoms with Crippen LogP contribution in [0.15, 0.2) is 36.4 Å². The molecule has 0 aliphatic rings. The number of carbonyl (C=O) groups is 1. The van der Waals surface area contributed by atoms with E-state index in [0.717, 1.165) is 17.0 Å². The van der Waals surface area contributed by atoms with E-state index in [4.69, 9.17) is 0 Å². The van der Waals surface area contributed by atoms with Crippen molar-refractivity contribution in [1.29, 1.82) is 0 Å². The Hall–Kier alpha value is -1.94. The van der Waals surface area contributed by atoms with Gasteiger partial charge in [0.05, 0.1) is 17.7 Å². The first-order valence-corrected chi connectivity index (χ1v) is 6.85. The van der Waals surface area contributed by atoms with Crippen LogP contribution in [0.5, 0.6) is 0 Å². The zero-order valence-electron chi connectivity index (χ0n) is 12.1. The summed E-state index contributed by atoms with van der Waals surface area (Å²) in [6.45, 7) is 5.60. The lowest BCUT2D eigenvalue weighted by Crippen LogP contribution is -2.28. The molecule has 0 unspecified atom stereocenters. The van der Waals surface area contributed by atoms with Crippen LogP contribution >= 0.6 is 0 Å². The van der Waals surface area contributed by atoms with Gasteiger partial charge in [0.2, 0.25) is 0 Å². The van der Waals surface area contributed by atoms with Crippen LogP contribution < -0.4 is 0 Å². The first kappa shape index (κ1) is 14.5. The molecule has 0 aliphatic carbocycles. The predicted molar refractivity (Wildman–Crippen MR) is 77.5 cm³/mol. The fraction of sp³-hybridized carbons (Fsp3) is 0.375. The number of hydrogen-bond acceptors (Lipinski definition) is 3. The second kappa shape index (κ2) is 6.01. The molecule has 0 amide bonds. The molecule has 4 heteroatoms. The zero-order valence-corrected chi connectivity index (χ0v) is 12.1. The summed E-state index contributed by atoms with van der Waals surface area (Å²) in [5, 5.41) is 14.7. The van der Waals surface area contributed by atoms with Crippen LogP contribution in [0.2, 0.25) is 0 Å². The van der Waals surface area contributed by atoms with Gasteiger partial charge < -0.3 is 5.11 Å². The van der Waals surface area contributed by atoms with Crippen LogP contribution in [0.4, 0.5) is 0 Å². The molecule has 0 bridgehead atoms. The molecule has 1 heterocycles. The summed E-state index contributed by atoms with van der Waals surface area (Å²) in [6, 6.07) is 11.1. The topological polar surface area (TPSA) is 55.1 Å². The van der Waals surface area contributed by atoms with Gasteiger partial charge in [0.25, 0.3) is 5.91 Å². The average Bonchev–Trinajstić information content (AvgIpc) is 2.79. The molecule has 0 aliphatic heterocycles. The smallest absolute Gasteiger partial charge is 0.253 e. The summed E-state index contributed by atoms with van der Waals surface area (Å²) < 4.78 is 1.40. The van der Waals surface area contributed by atoms with E-state index in [1.54, 1.807) is 0 Å². The Morgan fingerprint density at radius 1 is 1.30 bits per heavy atom. The van der Waals surface area contributed by atoms with E-state index in [0.29, 0.717) is 6.42 Å². The molecule has 106 valence electrons. The van der Waals surface area contributed by atoms with Gasteiger partial charge in [-0.2, -0.15) is 5.10 Å². The minimum Gasteiger partial charge on any atom is -0.388 e. The second-order valence-corrected chi connectivity index (χ2v) is 5.05. The molecule has 0 saturated heterocycles. The van der Waals surface area contributed by atoms with Crippen molar-refractivity contribution in [2.24, 2.45) is 5.92 Å². The molecular weight excluding hydrogens is 252 g/mol. The third-order valence-corrected chi connectivity index (χ3v) is 3.50. The average molecular weight is 272 g/mol. The maximum atomic E-state index is 12.6. The number of carbonyl (C=O) groups excluding carboxylic acids is 1. The lowest BCUT2D eigenvalue weighted by atomic mass is 9.92. The van der Waals surface area contributed by atoms with Crippen molar-refractivity contribution >= 4 is 5.91 Å². The van der Waals surface area contributed by atoms with E-state index < -0.39 is 12.0 Å². The zero-order chi connectivity index (χ0) is 14.7. The number of hydrogen-bond donors (Lipinski definition) is 1. The van der Waals surface area contributed by atoms with Crippen LogP contribution in [-0.2, 0) is 0 Å².